The lowest BCUT2D eigenvalue weighted by atomic mass is 10.1. The highest BCUT2D eigenvalue weighted by atomic mass is 35.5. The summed E-state index contributed by atoms with van der Waals surface area (Å²) in [5.41, 5.74) is 5.69. The maximum absolute atomic E-state index is 13.2. The second-order valence-electron chi connectivity index (χ2n) is 7.89. The first-order valence-electron chi connectivity index (χ1n) is 10.1. The number of urea groups is 1. The van der Waals surface area contributed by atoms with E-state index in [0.717, 1.165) is 38.7 Å². The maximum Gasteiger partial charge on any atom is 0.335 e. The summed E-state index contributed by atoms with van der Waals surface area (Å²) >= 11 is 6.18. The first kappa shape index (κ1) is 21.6. The van der Waals surface area contributed by atoms with Gasteiger partial charge in [-0.15, -0.1) is 0 Å². The van der Waals surface area contributed by atoms with Gasteiger partial charge < -0.3 is 4.57 Å². The summed E-state index contributed by atoms with van der Waals surface area (Å²) < 4.78 is 2.06. The number of amides is 4. The molecule has 0 radical (unpaired) electrons. The third-order valence-corrected chi connectivity index (χ3v) is 5.98. The van der Waals surface area contributed by atoms with E-state index in [1.54, 1.807) is 12.1 Å². The third kappa shape index (κ3) is 3.74. The van der Waals surface area contributed by atoms with Gasteiger partial charge >= 0.3 is 6.03 Å². The average Bonchev–Trinajstić information content (AvgIpc) is 3.01. The number of carbonyl (C=O) groups excluding carboxylic acids is 3. The lowest BCUT2D eigenvalue weighted by molar-refractivity contribution is -0.122. The Balaban J connectivity index is 1.76. The third-order valence-electron chi connectivity index (χ3n) is 5.58. The van der Waals surface area contributed by atoms with E-state index in [-0.39, 0.29) is 5.57 Å². The SMILES string of the molecule is Cc1ccc(-n2c(C)cc(/C=C3\C(=O)NC(=O)N(c4ccc(C)c(Cl)c4)C3=O)c2C)cc1. The Morgan fingerprint density at radius 1 is 0.875 bits per heavy atom. The molecule has 2 heterocycles. The van der Waals surface area contributed by atoms with Gasteiger partial charge in [0.25, 0.3) is 11.8 Å². The second-order valence-corrected chi connectivity index (χ2v) is 8.30. The second kappa shape index (κ2) is 8.13. The lowest BCUT2D eigenvalue weighted by Crippen LogP contribution is -2.54. The monoisotopic (exact) mass is 447 g/mol. The van der Waals surface area contributed by atoms with Gasteiger partial charge in [-0.25, -0.2) is 9.69 Å². The summed E-state index contributed by atoms with van der Waals surface area (Å²) in [7, 11) is 0. The Kier molecular flexibility index (Phi) is 5.48. The fraction of sp³-hybridized carbons (Fsp3) is 0.160. The minimum Gasteiger partial charge on any atom is -0.318 e. The van der Waals surface area contributed by atoms with Gasteiger partial charge in [0.1, 0.15) is 5.57 Å². The molecule has 7 heteroatoms. The Morgan fingerprint density at radius 2 is 1.53 bits per heavy atom. The number of aryl methyl sites for hydroxylation is 3. The van der Waals surface area contributed by atoms with Crippen LogP contribution in [0, 0.1) is 27.7 Å². The number of hydrogen-bond acceptors (Lipinski definition) is 3. The average molecular weight is 448 g/mol. The molecule has 0 spiro atoms. The van der Waals surface area contributed by atoms with Crippen LogP contribution in [0.4, 0.5) is 10.5 Å². The fourth-order valence-corrected chi connectivity index (χ4v) is 3.97. The molecule has 3 aromatic rings. The highest BCUT2D eigenvalue weighted by Crippen LogP contribution is 2.28. The van der Waals surface area contributed by atoms with E-state index in [4.69, 9.17) is 11.6 Å². The number of hydrogen-bond donors (Lipinski definition) is 1. The van der Waals surface area contributed by atoms with Crippen molar-refractivity contribution in [2.75, 3.05) is 4.90 Å². The molecule has 2 aromatic carbocycles. The Hall–Kier alpha value is -3.64. The molecule has 6 nitrogen and oxygen atoms in total. The van der Waals surface area contributed by atoms with Crippen LogP contribution in [0.15, 0.2) is 54.1 Å². The molecule has 1 N–H and O–H groups in total. The highest BCUT2D eigenvalue weighted by molar-refractivity contribution is 6.39. The van der Waals surface area contributed by atoms with Crippen LogP contribution in [0.2, 0.25) is 5.02 Å². The van der Waals surface area contributed by atoms with E-state index in [1.807, 2.05) is 58.0 Å². The summed E-state index contributed by atoms with van der Waals surface area (Å²) in [4.78, 5) is 39.1. The van der Waals surface area contributed by atoms with Crippen LogP contribution in [0.3, 0.4) is 0 Å². The van der Waals surface area contributed by atoms with Crippen molar-refractivity contribution in [1.29, 1.82) is 0 Å². The summed E-state index contributed by atoms with van der Waals surface area (Å²) in [6, 6.07) is 14.1. The van der Waals surface area contributed by atoms with Gasteiger partial charge in [-0.1, -0.05) is 35.4 Å². The van der Waals surface area contributed by atoms with Gasteiger partial charge in [0.2, 0.25) is 0 Å². The number of imide groups is 2. The molecule has 1 aliphatic heterocycles. The van der Waals surface area contributed by atoms with Crippen LogP contribution in [0.25, 0.3) is 11.8 Å². The van der Waals surface area contributed by atoms with Gasteiger partial charge in [0.05, 0.1) is 5.69 Å². The molecule has 162 valence electrons. The molecular weight excluding hydrogens is 426 g/mol. The van der Waals surface area contributed by atoms with Crippen molar-refractivity contribution in [3.63, 3.8) is 0 Å². The number of barbiturate groups is 1. The van der Waals surface area contributed by atoms with Crippen LogP contribution in [0.1, 0.15) is 28.1 Å². The number of nitrogens with zero attached hydrogens (tertiary/aromatic N) is 2. The van der Waals surface area contributed by atoms with Crippen LogP contribution in [-0.2, 0) is 9.59 Å². The van der Waals surface area contributed by atoms with Crippen molar-refractivity contribution >= 4 is 41.2 Å². The molecule has 0 saturated carbocycles. The van der Waals surface area contributed by atoms with E-state index in [9.17, 15) is 14.4 Å². The Bertz CT molecular complexity index is 1300. The summed E-state index contributed by atoms with van der Waals surface area (Å²) in [5.74, 6) is -1.42. The molecule has 1 fully saturated rings. The molecule has 0 aliphatic carbocycles. The zero-order valence-corrected chi connectivity index (χ0v) is 18.9. The normalized spacial score (nSPS) is 15.5. The zero-order chi connectivity index (χ0) is 23.2. The number of carbonyl (C=O) groups is 3. The minimum atomic E-state index is -0.804. The number of benzene rings is 2. The summed E-state index contributed by atoms with van der Waals surface area (Å²) in [6.45, 7) is 7.73. The van der Waals surface area contributed by atoms with Gasteiger partial charge in [-0.2, -0.15) is 0 Å². The fourth-order valence-electron chi connectivity index (χ4n) is 3.79. The molecule has 4 amide bonds. The lowest BCUT2D eigenvalue weighted by Gasteiger charge is -2.26. The highest BCUT2D eigenvalue weighted by Gasteiger charge is 2.37. The van der Waals surface area contributed by atoms with Crippen LogP contribution < -0.4 is 10.2 Å². The van der Waals surface area contributed by atoms with E-state index in [1.165, 1.54) is 12.1 Å². The summed E-state index contributed by atoms with van der Waals surface area (Å²) in [5, 5.41) is 2.67. The van der Waals surface area contributed by atoms with Crippen molar-refractivity contribution in [2.45, 2.75) is 27.7 Å². The van der Waals surface area contributed by atoms with E-state index in [0.29, 0.717) is 10.7 Å². The molecular formula is C25H22ClN3O3. The van der Waals surface area contributed by atoms with Crippen molar-refractivity contribution in [2.24, 2.45) is 0 Å². The van der Waals surface area contributed by atoms with Crippen LogP contribution in [0.5, 0.6) is 0 Å². The number of anilines is 1. The molecule has 1 saturated heterocycles. The molecule has 1 aliphatic rings. The quantitative estimate of drug-likeness (QED) is 0.452. The molecule has 4 rings (SSSR count). The maximum atomic E-state index is 13.2. The van der Waals surface area contributed by atoms with Crippen molar-refractivity contribution in [3.8, 4) is 5.69 Å². The molecule has 0 bridgehead atoms. The minimum absolute atomic E-state index is 0.120. The molecule has 32 heavy (non-hydrogen) atoms. The number of nitrogens with one attached hydrogen (secondary N) is 1. The predicted octanol–water partition coefficient (Wildman–Crippen LogP) is 5.03. The smallest absolute Gasteiger partial charge is 0.318 e. The van der Waals surface area contributed by atoms with Crippen LogP contribution >= 0.6 is 11.6 Å². The van der Waals surface area contributed by atoms with E-state index in [2.05, 4.69) is 9.88 Å². The Morgan fingerprint density at radius 3 is 2.19 bits per heavy atom. The first-order chi connectivity index (χ1) is 15.2. The predicted molar refractivity (Wildman–Crippen MR) is 125 cm³/mol. The number of rotatable bonds is 3. The summed E-state index contributed by atoms with van der Waals surface area (Å²) in [6.07, 6.45) is 1.53. The topological polar surface area (TPSA) is 71.4 Å². The zero-order valence-electron chi connectivity index (χ0n) is 18.2. The van der Waals surface area contributed by atoms with Crippen molar-refractivity contribution in [3.05, 3.63) is 87.2 Å². The van der Waals surface area contributed by atoms with Crippen molar-refractivity contribution < 1.29 is 14.4 Å². The Labute approximate surface area is 191 Å². The van der Waals surface area contributed by atoms with Gasteiger partial charge in [0, 0.05) is 22.1 Å². The van der Waals surface area contributed by atoms with Crippen molar-refractivity contribution in [1.82, 2.24) is 9.88 Å². The van der Waals surface area contributed by atoms with Gasteiger partial charge in [-0.3, -0.25) is 14.9 Å². The molecule has 0 unspecified atom stereocenters. The standard InChI is InChI=1S/C25H22ClN3O3/c1-14-5-8-19(9-6-14)28-16(3)11-18(17(28)4)12-21-23(30)27-25(32)29(24(21)31)20-10-7-15(2)22(26)13-20/h5-13H,1-4H3,(H,27,30,32)/b21-12+. The molecule has 1 aromatic heterocycles. The molecule has 0 atom stereocenters. The first-order valence-corrected chi connectivity index (χ1v) is 10.5. The van der Waals surface area contributed by atoms with Gasteiger partial charge in [-0.05, 0) is 75.2 Å². The largest absolute Gasteiger partial charge is 0.335 e. The van der Waals surface area contributed by atoms with E-state index >= 15 is 0 Å². The number of halogens is 1. The van der Waals surface area contributed by atoms with Crippen LogP contribution in [-0.4, -0.2) is 22.4 Å². The van der Waals surface area contributed by atoms with Gasteiger partial charge in [0.15, 0.2) is 0 Å². The van der Waals surface area contributed by atoms with E-state index < -0.39 is 17.8 Å². The number of aromatic nitrogens is 1.